The number of imide groups is 1. The second kappa shape index (κ2) is 10.5. The van der Waals surface area contributed by atoms with Crippen molar-refractivity contribution in [2.24, 2.45) is 5.92 Å². The predicted octanol–water partition coefficient (Wildman–Crippen LogP) is 7.79. The molecule has 0 aliphatic heterocycles. The van der Waals surface area contributed by atoms with Gasteiger partial charge in [0.25, 0.3) is 18.2 Å². The Labute approximate surface area is 208 Å². The third-order valence-electron chi connectivity index (χ3n) is 4.89. The zero-order valence-electron chi connectivity index (χ0n) is 18.2. The molecule has 0 aliphatic rings. The van der Waals surface area contributed by atoms with Crippen molar-refractivity contribution in [2.75, 3.05) is 4.90 Å². The van der Waals surface area contributed by atoms with Crippen molar-refractivity contribution in [1.82, 2.24) is 9.36 Å². The summed E-state index contributed by atoms with van der Waals surface area (Å²) in [5.41, 5.74) is 0.383. The van der Waals surface area contributed by atoms with E-state index in [2.05, 4.69) is 23.2 Å². The van der Waals surface area contributed by atoms with E-state index in [1.165, 1.54) is 6.92 Å². The molecule has 0 bridgehead atoms. The largest absolute Gasteiger partial charge is 0.282 e. The summed E-state index contributed by atoms with van der Waals surface area (Å²) < 4.78 is 31.2. The number of nitrogens with zero attached hydrogens (tertiary/aromatic N) is 3. The van der Waals surface area contributed by atoms with E-state index in [9.17, 15) is 18.4 Å². The zero-order valence-corrected chi connectivity index (χ0v) is 21.4. The van der Waals surface area contributed by atoms with Crippen molar-refractivity contribution in [3.63, 3.8) is 0 Å². The second-order valence-electron chi connectivity index (χ2n) is 7.90. The molecule has 0 spiro atoms. The molecule has 1 atom stereocenters. The summed E-state index contributed by atoms with van der Waals surface area (Å²) >= 11 is 13.7. The molecule has 2 heterocycles. The molecule has 11 heteroatoms. The molecule has 5 nitrogen and oxygen atoms in total. The summed E-state index contributed by atoms with van der Waals surface area (Å²) in [4.78, 5) is 31.6. The van der Waals surface area contributed by atoms with Gasteiger partial charge in [0.1, 0.15) is 20.5 Å². The number of hydrogen-bond acceptors (Lipinski definition) is 6. The van der Waals surface area contributed by atoms with Gasteiger partial charge >= 0.3 is 0 Å². The lowest BCUT2D eigenvalue weighted by atomic mass is 9.90. The molecule has 0 fully saturated rings. The zero-order chi connectivity index (χ0) is 24.4. The SMILES string of the molecule is Cc1nc(C(F)F)c(C(=O)N(C(=O)c2snc(Cl)c2Cl)c2ccccc2C(C)CC(C)C)s1. The standard InChI is InChI=1S/C22H21Cl2F2N3O2S2/c1-10(2)9-11(3)13-7-5-6-8-14(13)29(21(30)17-15(23)19(24)28-33-17)22(31)18-16(20(25)26)27-12(4)32-18/h5-8,10-11,20H,9H2,1-4H3. The fraction of sp³-hybridized carbons (Fsp3) is 0.364. The smallest absolute Gasteiger partial charge is 0.267 e. The van der Waals surface area contributed by atoms with Gasteiger partial charge in [0, 0.05) is 0 Å². The quantitative estimate of drug-likeness (QED) is 0.292. The van der Waals surface area contributed by atoms with E-state index in [4.69, 9.17) is 23.2 Å². The molecule has 176 valence electrons. The molecule has 0 radical (unpaired) electrons. The summed E-state index contributed by atoms with van der Waals surface area (Å²) in [6.07, 6.45) is -2.18. The third-order valence-corrected chi connectivity index (χ3v) is 7.65. The Kier molecular flexibility index (Phi) is 8.21. The number of alkyl halides is 2. The van der Waals surface area contributed by atoms with E-state index in [0.717, 1.165) is 39.8 Å². The van der Waals surface area contributed by atoms with Crippen molar-refractivity contribution in [3.05, 3.63) is 60.5 Å². The van der Waals surface area contributed by atoms with Gasteiger partial charge < -0.3 is 0 Å². The third kappa shape index (κ3) is 5.42. The Hall–Kier alpha value is -1.94. The number of thiazole rings is 1. The highest BCUT2D eigenvalue weighted by atomic mass is 35.5. The Bertz CT molecular complexity index is 1180. The molecular formula is C22H21Cl2F2N3O2S2. The molecule has 0 saturated heterocycles. The molecule has 3 rings (SSSR count). The number of aromatic nitrogens is 2. The summed E-state index contributed by atoms with van der Waals surface area (Å²) in [5, 5.41) is 0.133. The Morgan fingerprint density at radius 2 is 1.73 bits per heavy atom. The lowest BCUT2D eigenvalue weighted by Crippen LogP contribution is -2.37. The molecule has 1 unspecified atom stereocenters. The normalized spacial score (nSPS) is 12.4. The van der Waals surface area contributed by atoms with Gasteiger partial charge in [-0.3, -0.25) is 9.59 Å². The van der Waals surface area contributed by atoms with Crippen LogP contribution in [0.1, 0.15) is 75.1 Å². The van der Waals surface area contributed by atoms with E-state index in [-0.39, 0.29) is 25.8 Å². The molecule has 0 N–H and O–H groups in total. The van der Waals surface area contributed by atoms with Crippen LogP contribution in [-0.4, -0.2) is 21.2 Å². The maximum Gasteiger partial charge on any atom is 0.282 e. The maximum atomic E-state index is 13.7. The van der Waals surface area contributed by atoms with Gasteiger partial charge in [-0.1, -0.05) is 62.2 Å². The number of carbonyl (C=O) groups excluding carboxylic acids is 2. The summed E-state index contributed by atoms with van der Waals surface area (Å²) in [5.74, 6) is -1.34. The van der Waals surface area contributed by atoms with E-state index >= 15 is 0 Å². The first-order valence-electron chi connectivity index (χ1n) is 10.1. The highest BCUT2D eigenvalue weighted by Crippen LogP contribution is 2.38. The van der Waals surface area contributed by atoms with Gasteiger partial charge in [0.15, 0.2) is 5.15 Å². The minimum atomic E-state index is -2.97. The molecule has 33 heavy (non-hydrogen) atoms. The van der Waals surface area contributed by atoms with Gasteiger partial charge in [0.2, 0.25) is 0 Å². The van der Waals surface area contributed by atoms with Crippen molar-refractivity contribution in [3.8, 4) is 0 Å². The summed E-state index contributed by atoms with van der Waals surface area (Å²) in [6.45, 7) is 7.66. The van der Waals surface area contributed by atoms with Crippen LogP contribution in [0.25, 0.3) is 0 Å². The van der Waals surface area contributed by atoms with E-state index in [1.54, 1.807) is 18.2 Å². The van der Waals surface area contributed by atoms with Crippen LogP contribution in [-0.2, 0) is 0 Å². The molecule has 0 aliphatic carbocycles. The van der Waals surface area contributed by atoms with Crippen LogP contribution in [0.5, 0.6) is 0 Å². The average molecular weight is 532 g/mol. The number of aryl methyl sites for hydroxylation is 1. The number of para-hydroxylation sites is 1. The van der Waals surface area contributed by atoms with Crippen molar-refractivity contribution in [2.45, 2.75) is 46.5 Å². The monoisotopic (exact) mass is 531 g/mol. The summed E-state index contributed by atoms with van der Waals surface area (Å²) in [7, 11) is 0. The van der Waals surface area contributed by atoms with Crippen molar-refractivity contribution in [1.29, 1.82) is 0 Å². The number of hydrogen-bond donors (Lipinski definition) is 0. The van der Waals surface area contributed by atoms with Gasteiger partial charge in [0.05, 0.1) is 10.7 Å². The van der Waals surface area contributed by atoms with Gasteiger partial charge in [-0.2, -0.15) is 4.37 Å². The minimum Gasteiger partial charge on any atom is -0.267 e. The molecule has 2 amide bonds. The number of rotatable bonds is 7. The van der Waals surface area contributed by atoms with Crippen LogP contribution < -0.4 is 4.90 Å². The fourth-order valence-electron chi connectivity index (χ4n) is 3.59. The Morgan fingerprint density at radius 1 is 1.09 bits per heavy atom. The van der Waals surface area contributed by atoms with E-state index < -0.39 is 23.9 Å². The lowest BCUT2D eigenvalue weighted by Gasteiger charge is -2.26. The second-order valence-corrected chi connectivity index (χ2v) is 10.6. The molecule has 1 aromatic carbocycles. The average Bonchev–Trinajstić information content (AvgIpc) is 3.30. The van der Waals surface area contributed by atoms with Crippen LogP contribution in [0.2, 0.25) is 10.2 Å². The molecule has 2 aromatic heterocycles. The lowest BCUT2D eigenvalue weighted by molar-refractivity contribution is 0.0893. The fourth-order valence-corrected chi connectivity index (χ4v) is 5.59. The molecule has 3 aromatic rings. The van der Waals surface area contributed by atoms with Crippen LogP contribution in [0.4, 0.5) is 14.5 Å². The Morgan fingerprint density at radius 3 is 2.30 bits per heavy atom. The van der Waals surface area contributed by atoms with Gasteiger partial charge in [-0.15, -0.1) is 11.3 Å². The maximum absolute atomic E-state index is 13.7. The number of halogens is 4. The van der Waals surface area contributed by atoms with Crippen LogP contribution >= 0.6 is 46.1 Å². The number of anilines is 1. The minimum absolute atomic E-state index is 0.0115. The number of carbonyl (C=O) groups is 2. The summed E-state index contributed by atoms with van der Waals surface area (Å²) in [6, 6.07) is 6.93. The first-order chi connectivity index (χ1) is 15.5. The van der Waals surface area contributed by atoms with E-state index in [1.807, 2.05) is 13.0 Å². The van der Waals surface area contributed by atoms with E-state index in [0.29, 0.717) is 16.6 Å². The molecule has 0 saturated carbocycles. The number of amides is 2. The highest BCUT2D eigenvalue weighted by molar-refractivity contribution is 7.14. The van der Waals surface area contributed by atoms with Crippen molar-refractivity contribution >= 4 is 63.6 Å². The van der Waals surface area contributed by atoms with Crippen molar-refractivity contribution < 1.29 is 18.4 Å². The Balaban J connectivity index is 2.21. The molecular weight excluding hydrogens is 511 g/mol. The number of benzene rings is 1. The van der Waals surface area contributed by atoms with Gasteiger partial charge in [-0.25, -0.2) is 18.7 Å². The first kappa shape index (κ1) is 25.7. The van der Waals surface area contributed by atoms with Crippen LogP contribution in [0.3, 0.4) is 0 Å². The van der Waals surface area contributed by atoms with Crippen LogP contribution in [0.15, 0.2) is 24.3 Å². The predicted molar refractivity (Wildman–Crippen MR) is 129 cm³/mol. The first-order valence-corrected chi connectivity index (χ1v) is 12.4. The van der Waals surface area contributed by atoms with Gasteiger partial charge in [-0.05, 0) is 48.3 Å². The topological polar surface area (TPSA) is 63.2 Å². The van der Waals surface area contributed by atoms with Crippen LogP contribution in [0, 0.1) is 12.8 Å². The highest BCUT2D eigenvalue weighted by Gasteiger charge is 2.35.